The van der Waals surface area contributed by atoms with E-state index in [-0.39, 0.29) is 5.78 Å². The summed E-state index contributed by atoms with van der Waals surface area (Å²) in [6.07, 6.45) is 0. The van der Waals surface area contributed by atoms with E-state index in [0.717, 1.165) is 26.8 Å². The van der Waals surface area contributed by atoms with Gasteiger partial charge in [-0.25, -0.2) is 9.79 Å². The number of aromatic nitrogens is 2. The van der Waals surface area contributed by atoms with Crippen molar-refractivity contribution >= 4 is 17.3 Å². The van der Waals surface area contributed by atoms with Gasteiger partial charge in [-0.05, 0) is 43.0 Å². The van der Waals surface area contributed by atoms with E-state index in [1.807, 2.05) is 38.1 Å². The van der Waals surface area contributed by atoms with E-state index in [0.29, 0.717) is 22.7 Å². The second-order valence-electron chi connectivity index (χ2n) is 8.58. The molecule has 2 aliphatic rings. The van der Waals surface area contributed by atoms with E-state index in [1.54, 1.807) is 7.05 Å². The Balaban J connectivity index is 1.92. The molecule has 2 heterocycles. The van der Waals surface area contributed by atoms with E-state index in [9.17, 15) is 14.4 Å². The minimum absolute atomic E-state index is 0.0308. The molecule has 1 aliphatic heterocycles. The molecule has 2 aromatic carbocycles. The van der Waals surface area contributed by atoms with Crippen LogP contribution in [-0.2, 0) is 14.1 Å². The van der Waals surface area contributed by atoms with Crippen molar-refractivity contribution in [2.45, 2.75) is 26.7 Å². The molecule has 0 spiro atoms. The molecule has 0 saturated carbocycles. The predicted molar refractivity (Wildman–Crippen MR) is 120 cm³/mol. The molecule has 0 amide bonds. The summed E-state index contributed by atoms with van der Waals surface area (Å²) in [7, 11) is 3.09. The number of fused-ring (bicyclic) bond motifs is 4. The summed E-state index contributed by atoms with van der Waals surface area (Å²) in [6, 6.07) is 11.5. The van der Waals surface area contributed by atoms with Gasteiger partial charge < -0.3 is 0 Å². The molecule has 0 unspecified atom stereocenters. The number of Topliss-reactive ketones (excluding diaryl/α,β-unsaturated/α-hetero) is 1. The number of rotatable bonds is 1. The van der Waals surface area contributed by atoms with Gasteiger partial charge in [0.1, 0.15) is 5.82 Å². The fourth-order valence-electron chi connectivity index (χ4n) is 4.97. The summed E-state index contributed by atoms with van der Waals surface area (Å²) in [5.41, 5.74) is 5.90. The zero-order valence-corrected chi connectivity index (χ0v) is 18.2. The number of hydrogen-bond acceptors (Lipinski definition) is 4. The van der Waals surface area contributed by atoms with Crippen LogP contribution >= 0.6 is 0 Å². The first-order valence-electron chi connectivity index (χ1n) is 10.3. The molecule has 1 aliphatic carbocycles. The number of benzene rings is 2. The van der Waals surface area contributed by atoms with Crippen LogP contribution < -0.4 is 11.2 Å². The largest absolute Gasteiger partial charge is 0.332 e. The first-order chi connectivity index (χ1) is 14.7. The molecule has 0 fully saturated rings. The molecule has 0 N–H and O–H groups in total. The van der Waals surface area contributed by atoms with Crippen molar-refractivity contribution in [3.63, 3.8) is 0 Å². The normalized spacial score (nSPS) is 19.0. The van der Waals surface area contributed by atoms with Crippen molar-refractivity contribution in [3.8, 4) is 0 Å². The van der Waals surface area contributed by atoms with Gasteiger partial charge in [0.25, 0.3) is 5.56 Å². The first-order valence-corrected chi connectivity index (χ1v) is 10.3. The van der Waals surface area contributed by atoms with Crippen LogP contribution in [0.5, 0.6) is 0 Å². The van der Waals surface area contributed by atoms with E-state index in [2.05, 4.69) is 19.1 Å². The molecule has 156 valence electrons. The van der Waals surface area contributed by atoms with Crippen LogP contribution in [0.15, 0.2) is 51.0 Å². The quantitative estimate of drug-likeness (QED) is 0.615. The predicted octanol–water partition coefficient (Wildman–Crippen LogP) is 3.09. The zero-order chi connectivity index (χ0) is 22.2. The van der Waals surface area contributed by atoms with Crippen LogP contribution in [0.25, 0.3) is 0 Å². The zero-order valence-electron chi connectivity index (χ0n) is 18.2. The lowest BCUT2D eigenvalue weighted by atomic mass is 9.75. The molecule has 0 bridgehead atoms. The topological polar surface area (TPSA) is 73.4 Å². The molecule has 31 heavy (non-hydrogen) atoms. The lowest BCUT2D eigenvalue weighted by Crippen LogP contribution is -2.43. The number of ketones is 1. The Bertz CT molecular complexity index is 1430. The number of aryl methyl sites for hydroxylation is 2. The Kier molecular flexibility index (Phi) is 4.06. The highest BCUT2D eigenvalue weighted by Gasteiger charge is 2.47. The van der Waals surface area contributed by atoms with Gasteiger partial charge in [0, 0.05) is 31.1 Å². The third-order valence-electron chi connectivity index (χ3n) is 6.89. The van der Waals surface area contributed by atoms with Crippen molar-refractivity contribution in [3.05, 3.63) is 96.2 Å². The molecule has 6 nitrogen and oxygen atoms in total. The Labute approximate surface area is 179 Å². The maximum atomic E-state index is 13.6. The van der Waals surface area contributed by atoms with Crippen molar-refractivity contribution in [1.29, 1.82) is 0 Å². The van der Waals surface area contributed by atoms with Crippen LogP contribution in [0.1, 0.15) is 49.7 Å². The number of hydrogen-bond donors (Lipinski definition) is 0. The average Bonchev–Trinajstić information content (AvgIpc) is 3.05. The Morgan fingerprint density at radius 2 is 1.45 bits per heavy atom. The Hall–Kier alpha value is -3.54. The van der Waals surface area contributed by atoms with Gasteiger partial charge in [-0.2, -0.15) is 0 Å². The molecule has 5 rings (SSSR count). The summed E-state index contributed by atoms with van der Waals surface area (Å²) in [5, 5.41) is 0. The van der Waals surface area contributed by atoms with Crippen molar-refractivity contribution in [1.82, 2.24) is 9.13 Å². The third-order valence-corrected chi connectivity index (χ3v) is 6.89. The second-order valence-corrected chi connectivity index (χ2v) is 8.58. The fraction of sp³-hybridized carbons (Fsp3) is 0.280. The minimum Gasteiger partial charge on any atom is -0.293 e. The number of carbonyl (C=O) groups is 1. The number of carbonyl (C=O) groups excluding carboxylic acids is 1. The highest BCUT2D eigenvalue weighted by Crippen LogP contribution is 2.46. The molecular formula is C25H23N3O3. The number of nitrogens with zero attached hydrogens (tertiary/aromatic N) is 3. The van der Waals surface area contributed by atoms with Crippen LogP contribution in [0.4, 0.5) is 5.82 Å². The van der Waals surface area contributed by atoms with Gasteiger partial charge in [-0.15, -0.1) is 0 Å². The van der Waals surface area contributed by atoms with Crippen molar-refractivity contribution < 1.29 is 4.79 Å². The van der Waals surface area contributed by atoms with Gasteiger partial charge in [0.15, 0.2) is 5.78 Å². The highest BCUT2D eigenvalue weighted by molar-refractivity contribution is 6.30. The summed E-state index contributed by atoms with van der Waals surface area (Å²) >= 11 is 0. The van der Waals surface area contributed by atoms with Crippen LogP contribution in [0, 0.1) is 26.7 Å². The molecule has 2 atom stereocenters. The SMILES string of the molecule is Cc1cc([C@H]2c3c(n(C)c(=O)n(C)c3=O)N=C3c4ccccc4C(=O)[C@@H]32)cc(C)c1C. The van der Waals surface area contributed by atoms with Gasteiger partial charge in [0.2, 0.25) is 0 Å². The third kappa shape index (κ3) is 2.51. The summed E-state index contributed by atoms with van der Waals surface area (Å²) in [5.74, 6) is -0.788. The highest BCUT2D eigenvalue weighted by atomic mass is 16.2. The molecule has 1 aromatic heterocycles. The summed E-state index contributed by atoms with van der Waals surface area (Å²) < 4.78 is 2.51. The van der Waals surface area contributed by atoms with Gasteiger partial charge >= 0.3 is 5.69 Å². The van der Waals surface area contributed by atoms with E-state index >= 15 is 0 Å². The molecule has 0 saturated heterocycles. The van der Waals surface area contributed by atoms with Crippen molar-refractivity contribution in [2.24, 2.45) is 25.0 Å². The maximum Gasteiger partial charge on any atom is 0.332 e. The van der Waals surface area contributed by atoms with Gasteiger partial charge in [-0.1, -0.05) is 36.4 Å². The molecule has 0 radical (unpaired) electrons. The van der Waals surface area contributed by atoms with Crippen LogP contribution in [0.2, 0.25) is 0 Å². The van der Waals surface area contributed by atoms with E-state index in [4.69, 9.17) is 4.99 Å². The number of aliphatic imine (C=N–C) groups is 1. The van der Waals surface area contributed by atoms with Crippen LogP contribution in [-0.4, -0.2) is 20.6 Å². The maximum absolute atomic E-state index is 13.6. The lowest BCUT2D eigenvalue weighted by Gasteiger charge is -2.30. The van der Waals surface area contributed by atoms with Crippen molar-refractivity contribution in [2.75, 3.05) is 0 Å². The average molecular weight is 413 g/mol. The summed E-state index contributed by atoms with van der Waals surface area (Å²) in [4.78, 5) is 44.3. The van der Waals surface area contributed by atoms with Gasteiger partial charge in [-0.3, -0.25) is 18.7 Å². The van der Waals surface area contributed by atoms with E-state index < -0.39 is 23.1 Å². The summed E-state index contributed by atoms with van der Waals surface area (Å²) in [6.45, 7) is 6.14. The minimum atomic E-state index is -0.586. The van der Waals surface area contributed by atoms with Gasteiger partial charge in [0.05, 0.1) is 17.2 Å². The second kappa shape index (κ2) is 6.48. The molecule has 3 aromatic rings. The monoisotopic (exact) mass is 413 g/mol. The smallest absolute Gasteiger partial charge is 0.293 e. The molecule has 6 heteroatoms. The molecular weight excluding hydrogens is 390 g/mol. The fourth-order valence-corrected chi connectivity index (χ4v) is 4.97. The van der Waals surface area contributed by atoms with Crippen LogP contribution in [0.3, 0.4) is 0 Å². The lowest BCUT2D eigenvalue weighted by molar-refractivity contribution is 0.0953. The van der Waals surface area contributed by atoms with E-state index in [1.165, 1.54) is 17.2 Å². The first kappa shape index (κ1) is 19.4. The Morgan fingerprint density at radius 3 is 2.10 bits per heavy atom. The standard InChI is InChI=1S/C25H23N3O3/c1-12-10-15(11-13(2)14(12)3)18-19-21(16-8-6-7-9-17(16)22(19)29)26-23-20(18)24(30)28(5)25(31)27(23)4/h6-11,18-19H,1-5H3/t18-,19-/m1/s1. The Morgan fingerprint density at radius 1 is 0.839 bits per heavy atom.